The summed E-state index contributed by atoms with van der Waals surface area (Å²) in [5.74, 6) is 0.933. The Balaban J connectivity index is 1.74. The van der Waals surface area contributed by atoms with Crippen LogP contribution in [0.2, 0.25) is 5.02 Å². The minimum absolute atomic E-state index is 0.229. The summed E-state index contributed by atoms with van der Waals surface area (Å²) in [5.41, 5.74) is 1.85. The number of ether oxygens (including phenoxy) is 1. The number of urea groups is 1. The average Bonchev–Trinajstić information content (AvgIpc) is 2.58. The van der Waals surface area contributed by atoms with E-state index in [4.69, 9.17) is 16.3 Å². The van der Waals surface area contributed by atoms with Crippen LogP contribution in [-0.4, -0.2) is 19.2 Å². The molecular weight excluding hydrogens is 324 g/mol. The van der Waals surface area contributed by atoms with Crippen LogP contribution in [-0.2, 0) is 6.42 Å². The lowest BCUT2D eigenvalue weighted by Gasteiger charge is -2.11. The maximum atomic E-state index is 11.9. The molecule has 24 heavy (non-hydrogen) atoms. The number of hydrogen-bond acceptors (Lipinski definition) is 2. The van der Waals surface area contributed by atoms with Crippen molar-refractivity contribution in [1.82, 2.24) is 5.32 Å². The third-order valence-electron chi connectivity index (χ3n) is 3.43. The molecule has 2 amide bonds. The lowest BCUT2D eigenvalue weighted by atomic mass is 10.1. The minimum Gasteiger partial charge on any atom is -0.493 e. The number of anilines is 1. The van der Waals surface area contributed by atoms with E-state index in [1.807, 2.05) is 18.2 Å². The molecule has 0 heterocycles. The fourth-order valence-corrected chi connectivity index (χ4v) is 2.48. The molecule has 0 unspecified atom stereocenters. The Morgan fingerprint density at radius 2 is 2.00 bits per heavy atom. The van der Waals surface area contributed by atoms with Crippen molar-refractivity contribution in [3.63, 3.8) is 0 Å². The summed E-state index contributed by atoms with van der Waals surface area (Å²) in [6.07, 6.45) is 2.69. The maximum absolute atomic E-state index is 11.9. The van der Waals surface area contributed by atoms with Gasteiger partial charge in [0.1, 0.15) is 5.75 Å². The summed E-state index contributed by atoms with van der Waals surface area (Å²) in [4.78, 5) is 11.9. The molecule has 4 nitrogen and oxygen atoms in total. The molecule has 2 aromatic carbocycles. The van der Waals surface area contributed by atoms with Gasteiger partial charge in [0.2, 0.25) is 0 Å². The zero-order valence-electron chi connectivity index (χ0n) is 13.8. The molecule has 2 rings (SSSR count). The van der Waals surface area contributed by atoms with Crippen molar-refractivity contribution in [3.05, 3.63) is 59.1 Å². The highest BCUT2D eigenvalue weighted by atomic mass is 35.5. The number of rotatable bonds is 8. The minimum atomic E-state index is -0.229. The molecule has 0 saturated heterocycles. The molecule has 0 saturated carbocycles. The van der Waals surface area contributed by atoms with Gasteiger partial charge in [-0.25, -0.2) is 4.79 Å². The van der Waals surface area contributed by atoms with Gasteiger partial charge in [-0.2, -0.15) is 0 Å². The van der Waals surface area contributed by atoms with E-state index < -0.39 is 0 Å². The van der Waals surface area contributed by atoms with E-state index in [-0.39, 0.29) is 6.03 Å². The summed E-state index contributed by atoms with van der Waals surface area (Å²) >= 11 is 5.89. The quantitative estimate of drug-likeness (QED) is 0.669. The van der Waals surface area contributed by atoms with Gasteiger partial charge >= 0.3 is 6.03 Å². The number of amides is 2. The van der Waals surface area contributed by atoms with Crippen LogP contribution in [0.15, 0.2) is 48.5 Å². The standard InChI is InChI=1S/C19H23ClN2O2/c1-2-13-24-18-11-4-3-7-15(18)8-6-12-21-19(23)22-17-10-5-9-16(20)14-17/h3-5,7,9-11,14H,2,6,8,12-13H2,1H3,(H2,21,22,23). The highest BCUT2D eigenvalue weighted by molar-refractivity contribution is 6.30. The second-order valence-electron chi connectivity index (χ2n) is 5.45. The van der Waals surface area contributed by atoms with Gasteiger partial charge in [0.05, 0.1) is 6.61 Å². The first-order valence-electron chi connectivity index (χ1n) is 8.20. The van der Waals surface area contributed by atoms with Crippen molar-refractivity contribution in [2.24, 2.45) is 0 Å². The lowest BCUT2D eigenvalue weighted by molar-refractivity contribution is 0.252. The summed E-state index contributed by atoms with van der Waals surface area (Å²) in [5, 5.41) is 6.21. The van der Waals surface area contributed by atoms with Crippen molar-refractivity contribution in [3.8, 4) is 5.75 Å². The van der Waals surface area contributed by atoms with Crippen LogP contribution in [0.5, 0.6) is 5.75 Å². The Labute approximate surface area is 148 Å². The molecule has 0 aliphatic rings. The SMILES string of the molecule is CCCOc1ccccc1CCCNC(=O)Nc1cccc(Cl)c1. The van der Waals surface area contributed by atoms with Gasteiger partial charge in [0.15, 0.2) is 0 Å². The number of hydrogen-bond donors (Lipinski definition) is 2. The van der Waals surface area contributed by atoms with Crippen molar-refractivity contribution < 1.29 is 9.53 Å². The van der Waals surface area contributed by atoms with E-state index in [9.17, 15) is 4.79 Å². The van der Waals surface area contributed by atoms with E-state index in [0.29, 0.717) is 17.3 Å². The van der Waals surface area contributed by atoms with Gasteiger partial charge in [0, 0.05) is 17.3 Å². The molecule has 0 bridgehead atoms. The van der Waals surface area contributed by atoms with Crippen LogP contribution in [0.1, 0.15) is 25.3 Å². The topological polar surface area (TPSA) is 50.4 Å². The van der Waals surface area contributed by atoms with E-state index >= 15 is 0 Å². The van der Waals surface area contributed by atoms with Crippen LogP contribution in [0, 0.1) is 0 Å². The third-order valence-corrected chi connectivity index (χ3v) is 3.66. The highest BCUT2D eigenvalue weighted by Crippen LogP contribution is 2.19. The van der Waals surface area contributed by atoms with Crippen molar-refractivity contribution in [2.75, 3.05) is 18.5 Å². The number of carbonyl (C=O) groups excluding carboxylic acids is 1. The first kappa shape index (κ1) is 18.1. The van der Waals surface area contributed by atoms with E-state index in [2.05, 4.69) is 23.6 Å². The molecule has 128 valence electrons. The fraction of sp³-hybridized carbons (Fsp3) is 0.316. The molecule has 0 radical (unpaired) electrons. The van der Waals surface area contributed by atoms with Crippen LogP contribution < -0.4 is 15.4 Å². The molecule has 2 aromatic rings. The Hall–Kier alpha value is -2.20. The molecule has 0 aliphatic carbocycles. The lowest BCUT2D eigenvalue weighted by Crippen LogP contribution is -2.29. The Morgan fingerprint density at radius 3 is 2.79 bits per heavy atom. The van der Waals surface area contributed by atoms with Gasteiger partial charge in [-0.05, 0) is 49.1 Å². The Bertz CT molecular complexity index is 661. The van der Waals surface area contributed by atoms with Crippen LogP contribution in [0.3, 0.4) is 0 Å². The van der Waals surface area contributed by atoms with E-state index in [1.54, 1.807) is 24.3 Å². The average molecular weight is 347 g/mol. The molecule has 0 aromatic heterocycles. The predicted octanol–water partition coefficient (Wildman–Crippen LogP) is 4.88. The normalized spacial score (nSPS) is 10.2. The molecule has 2 N–H and O–H groups in total. The van der Waals surface area contributed by atoms with Gasteiger partial charge in [0.25, 0.3) is 0 Å². The van der Waals surface area contributed by atoms with Gasteiger partial charge in [-0.15, -0.1) is 0 Å². The summed E-state index contributed by atoms with van der Waals surface area (Å²) in [6.45, 7) is 3.40. The van der Waals surface area contributed by atoms with Crippen molar-refractivity contribution in [2.45, 2.75) is 26.2 Å². The first-order valence-corrected chi connectivity index (χ1v) is 8.58. The fourth-order valence-electron chi connectivity index (χ4n) is 2.29. The van der Waals surface area contributed by atoms with Crippen LogP contribution in [0.4, 0.5) is 10.5 Å². The van der Waals surface area contributed by atoms with E-state index in [1.165, 1.54) is 5.56 Å². The maximum Gasteiger partial charge on any atom is 0.319 e. The number of benzene rings is 2. The highest BCUT2D eigenvalue weighted by Gasteiger charge is 2.04. The van der Waals surface area contributed by atoms with Crippen molar-refractivity contribution >= 4 is 23.3 Å². The first-order chi connectivity index (χ1) is 11.7. The number of halogens is 1. The summed E-state index contributed by atoms with van der Waals surface area (Å²) < 4.78 is 5.74. The molecule has 5 heteroatoms. The third kappa shape index (κ3) is 6.13. The number of aryl methyl sites for hydroxylation is 1. The second kappa shape index (κ2) is 9.83. The van der Waals surface area contributed by atoms with Crippen molar-refractivity contribution in [1.29, 1.82) is 0 Å². The number of carbonyl (C=O) groups is 1. The smallest absolute Gasteiger partial charge is 0.319 e. The zero-order chi connectivity index (χ0) is 17.2. The predicted molar refractivity (Wildman–Crippen MR) is 99.0 cm³/mol. The van der Waals surface area contributed by atoms with Crippen LogP contribution in [0.25, 0.3) is 0 Å². The Morgan fingerprint density at radius 1 is 1.17 bits per heavy atom. The van der Waals surface area contributed by atoms with E-state index in [0.717, 1.165) is 31.6 Å². The molecule has 0 spiro atoms. The van der Waals surface area contributed by atoms with Gasteiger partial charge < -0.3 is 15.4 Å². The number of nitrogens with one attached hydrogen (secondary N) is 2. The monoisotopic (exact) mass is 346 g/mol. The largest absolute Gasteiger partial charge is 0.493 e. The number of para-hydroxylation sites is 1. The van der Waals surface area contributed by atoms with Gasteiger partial charge in [-0.3, -0.25) is 0 Å². The van der Waals surface area contributed by atoms with Gasteiger partial charge in [-0.1, -0.05) is 42.8 Å². The summed E-state index contributed by atoms with van der Waals surface area (Å²) in [6, 6.07) is 14.9. The molecule has 0 fully saturated rings. The molecule has 0 atom stereocenters. The summed E-state index contributed by atoms with van der Waals surface area (Å²) in [7, 11) is 0. The zero-order valence-corrected chi connectivity index (χ0v) is 14.6. The molecular formula is C19H23ClN2O2. The Kier molecular flexibility index (Phi) is 7.43. The molecule has 0 aliphatic heterocycles. The van der Waals surface area contributed by atoms with Crippen LogP contribution >= 0.6 is 11.6 Å². The second-order valence-corrected chi connectivity index (χ2v) is 5.89.